The smallest absolute Gasteiger partial charge is 0.276 e. The third-order valence-electron chi connectivity index (χ3n) is 3.26. The summed E-state index contributed by atoms with van der Waals surface area (Å²) in [7, 11) is 0. The molecule has 88 valence electrons. The van der Waals surface area contributed by atoms with Crippen molar-refractivity contribution in [1.29, 1.82) is 0 Å². The number of anilines is 1. The molecule has 1 unspecified atom stereocenters. The van der Waals surface area contributed by atoms with E-state index in [9.17, 15) is 4.79 Å². The molecule has 0 aliphatic carbocycles. The lowest BCUT2D eigenvalue weighted by molar-refractivity contribution is 0.0630. The normalized spacial score (nSPS) is 21.1. The molecule has 5 heteroatoms. The Balaban J connectivity index is 2.21. The maximum absolute atomic E-state index is 12.2. The molecule has 0 aromatic carbocycles. The van der Waals surface area contributed by atoms with E-state index >= 15 is 0 Å². The Morgan fingerprint density at radius 3 is 2.88 bits per heavy atom. The topological polar surface area (TPSA) is 75.0 Å². The number of aromatic nitrogens is 2. The number of aryl methyl sites for hydroxylation is 1. The van der Waals surface area contributed by atoms with Crippen molar-refractivity contribution in [2.24, 2.45) is 0 Å². The monoisotopic (exact) mass is 222 g/mol. The molecular weight excluding hydrogens is 204 g/mol. The first kappa shape index (κ1) is 11.0. The maximum Gasteiger partial charge on any atom is 0.276 e. The number of carbonyl (C=O) groups is 1. The number of nitrogens with zero attached hydrogens (tertiary/aromatic N) is 2. The predicted octanol–water partition coefficient (Wildman–Crippen LogP) is 1.31. The van der Waals surface area contributed by atoms with Crippen LogP contribution in [-0.4, -0.2) is 33.6 Å². The van der Waals surface area contributed by atoms with Gasteiger partial charge in [-0.1, -0.05) is 0 Å². The fraction of sp³-hybridized carbons (Fsp3) is 0.636. The number of likely N-dealkylation sites (tertiary alicyclic amines) is 1. The number of aromatic amines is 1. The highest BCUT2D eigenvalue weighted by Crippen LogP contribution is 2.21. The van der Waals surface area contributed by atoms with Gasteiger partial charge in [-0.25, -0.2) is 0 Å². The molecule has 1 aromatic rings. The van der Waals surface area contributed by atoms with Crippen LogP contribution in [-0.2, 0) is 0 Å². The van der Waals surface area contributed by atoms with Crippen molar-refractivity contribution >= 4 is 11.6 Å². The molecule has 1 amide bonds. The van der Waals surface area contributed by atoms with Crippen molar-refractivity contribution in [2.75, 3.05) is 12.3 Å². The van der Waals surface area contributed by atoms with Crippen LogP contribution in [0.15, 0.2) is 0 Å². The fourth-order valence-electron chi connectivity index (χ4n) is 2.14. The quantitative estimate of drug-likeness (QED) is 0.752. The second-order valence-corrected chi connectivity index (χ2v) is 4.45. The Hall–Kier alpha value is -1.52. The highest BCUT2D eigenvalue weighted by Gasteiger charge is 2.27. The zero-order chi connectivity index (χ0) is 11.7. The van der Waals surface area contributed by atoms with Gasteiger partial charge in [0.05, 0.1) is 11.4 Å². The van der Waals surface area contributed by atoms with Crippen LogP contribution < -0.4 is 5.73 Å². The minimum absolute atomic E-state index is 0.0472. The van der Waals surface area contributed by atoms with Gasteiger partial charge in [0.1, 0.15) is 0 Å². The van der Waals surface area contributed by atoms with E-state index in [1.807, 2.05) is 11.8 Å². The number of nitrogens with two attached hydrogens (primary N) is 1. The summed E-state index contributed by atoms with van der Waals surface area (Å²) < 4.78 is 0. The number of H-pyrrole nitrogens is 1. The van der Waals surface area contributed by atoms with Crippen LogP contribution in [0.2, 0.25) is 0 Å². The van der Waals surface area contributed by atoms with Crippen LogP contribution in [0.4, 0.5) is 5.69 Å². The highest BCUT2D eigenvalue weighted by molar-refractivity contribution is 5.97. The summed E-state index contributed by atoms with van der Waals surface area (Å²) in [4.78, 5) is 14.1. The molecule has 1 aliphatic rings. The van der Waals surface area contributed by atoms with Gasteiger partial charge in [0, 0.05) is 12.6 Å². The molecule has 1 saturated heterocycles. The number of piperidine rings is 1. The number of carbonyl (C=O) groups excluding carboxylic acids is 1. The largest absolute Gasteiger partial charge is 0.395 e. The van der Waals surface area contributed by atoms with Crippen LogP contribution in [0.1, 0.15) is 42.4 Å². The lowest BCUT2D eigenvalue weighted by Crippen LogP contribution is -2.42. The lowest BCUT2D eigenvalue weighted by Gasteiger charge is -2.32. The maximum atomic E-state index is 12.2. The Kier molecular flexibility index (Phi) is 2.85. The van der Waals surface area contributed by atoms with Crippen LogP contribution in [0.3, 0.4) is 0 Å². The Bertz CT molecular complexity index is 399. The van der Waals surface area contributed by atoms with Gasteiger partial charge < -0.3 is 10.6 Å². The molecule has 0 spiro atoms. The van der Waals surface area contributed by atoms with E-state index in [1.165, 1.54) is 6.42 Å². The number of hydrogen-bond donors (Lipinski definition) is 2. The van der Waals surface area contributed by atoms with Gasteiger partial charge in [-0.05, 0) is 33.1 Å². The standard InChI is InChI=1S/C11H18N4O/c1-7-5-3-4-6-15(7)11(16)10-9(12)8(2)13-14-10/h7H,3-6,12H2,1-2H3,(H,13,14). The summed E-state index contributed by atoms with van der Waals surface area (Å²) in [6, 6.07) is 0.289. The van der Waals surface area contributed by atoms with Crippen molar-refractivity contribution < 1.29 is 4.79 Å². The molecule has 0 bridgehead atoms. The van der Waals surface area contributed by atoms with Crippen LogP contribution in [0.5, 0.6) is 0 Å². The average Bonchev–Trinajstić information content (AvgIpc) is 2.60. The second-order valence-electron chi connectivity index (χ2n) is 4.45. The van der Waals surface area contributed by atoms with E-state index < -0.39 is 0 Å². The summed E-state index contributed by atoms with van der Waals surface area (Å²) in [6.45, 7) is 4.71. The highest BCUT2D eigenvalue weighted by atomic mass is 16.2. The Morgan fingerprint density at radius 1 is 1.56 bits per heavy atom. The molecule has 1 aliphatic heterocycles. The summed E-state index contributed by atoms with van der Waals surface area (Å²) in [5.74, 6) is -0.0472. The minimum Gasteiger partial charge on any atom is -0.395 e. The van der Waals surface area contributed by atoms with E-state index in [2.05, 4.69) is 17.1 Å². The van der Waals surface area contributed by atoms with E-state index in [0.29, 0.717) is 11.4 Å². The van der Waals surface area contributed by atoms with Crippen molar-refractivity contribution in [1.82, 2.24) is 15.1 Å². The first-order valence-electron chi connectivity index (χ1n) is 5.72. The molecule has 0 saturated carbocycles. The number of amides is 1. The van der Waals surface area contributed by atoms with Crippen molar-refractivity contribution in [2.45, 2.75) is 39.2 Å². The van der Waals surface area contributed by atoms with Crippen LogP contribution in [0.25, 0.3) is 0 Å². The summed E-state index contributed by atoms with van der Waals surface area (Å²) >= 11 is 0. The molecule has 1 atom stereocenters. The van der Waals surface area contributed by atoms with Crippen molar-refractivity contribution in [3.63, 3.8) is 0 Å². The van der Waals surface area contributed by atoms with Gasteiger partial charge in [-0.15, -0.1) is 0 Å². The first-order valence-corrected chi connectivity index (χ1v) is 5.72. The van der Waals surface area contributed by atoms with Crippen molar-refractivity contribution in [3.8, 4) is 0 Å². The van der Waals surface area contributed by atoms with E-state index in [-0.39, 0.29) is 11.9 Å². The number of rotatable bonds is 1. The van der Waals surface area contributed by atoms with Crippen LogP contribution in [0, 0.1) is 6.92 Å². The molecule has 2 rings (SSSR count). The van der Waals surface area contributed by atoms with Gasteiger partial charge in [0.15, 0.2) is 5.69 Å². The third kappa shape index (κ3) is 1.77. The van der Waals surface area contributed by atoms with Gasteiger partial charge in [0.2, 0.25) is 0 Å². The van der Waals surface area contributed by atoms with Gasteiger partial charge in [0.25, 0.3) is 5.91 Å². The molecular formula is C11H18N4O. The molecule has 1 fully saturated rings. The van der Waals surface area contributed by atoms with Gasteiger partial charge >= 0.3 is 0 Å². The van der Waals surface area contributed by atoms with Gasteiger partial charge in [-0.3, -0.25) is 9.89 Å². The van der Waals surface area contributed by atoms with E-state index in [0.717, 1.165) is 25.1 Å². The molecule has 0 radical (unpaired) electrons. The first-order chi connectivity index (χ1) is 7.61. The summed E-state index contributed by atoms with van der Waals surface area (Å²) in [5, 5.41) is 6.73. The number of nitrogen functional groups attached to an aromatic ring is 1. The minimum atomic E-state index is -0.0472. The van der Waals surface area contributed by atoms with Crippen LogP contribution >= 0.6 is 0 Å². The molecule has 2 heterocycles. The molecule has 5 nitrogen and oxygen atoms in total. The van der Waals surface area contributed by atoms with Crippen molar-refractivity contribution in [3.05, 3.63) is 11.4 Å². The van der Waals surface area contributed by atoms with E-state index in [1.54, 1.807) is 0 Å². The molecule has 1 aromatic heterocycles. The Morgan fingerprint density at radius 2 is 2.31 bits per heavy atom. The molecule has 16 heavy (non-hydrogen) atoms. The third-order valence-corrected chi connectivity index (χ3v) is 3.26. The van der Waals surface area contributed by atoms with E-state index in [4.69, 9.17) is 5.73 Å². The number of nitrogens with one attached hydrogen (secondary N) is 1. The molecule has 3 N–H and O–H groups in total. The number of hydrogen-bond acceptors (Lipinski definition) is 3. The second kappa shape index (κ2) is 4.15. The van der Waals surface area contributed by atoms with Gasteiger partial charge in [-0.2, -0.15) is 5.10 Å². The predicted molar refractivity (Wildman–Crippen MR) is 62.1 cm³/mol. The summed E-state index contributed by atoms with van der Waals surface area (Å²) in [5.41, 5.74) is 7.41. The SMILES string of the molecule is Cc1[nH]nc(C(=O)N2CCCCC2C)c1N. The summed E-state index contributed by atoms with van der Waals surface area (Å²) in [6.07, 6.45) is 3.33. The Labute approximate surface area is 95.0 Å². The zero-order valence-electron chi connectivity index (χ0n) is 9.79. The lowest BCUT2D eigenvalue weighted by atomic mass is 10.0. The fourth-order valence-corrected chi connectivity index (χ4v) is 2.14. The zero-order valence-corrected chi connectivity index (χ0v) is 9.79. The average molecular weight is 222 g/mol.